The molecule has 0 aliphatic carbocycles. The standard InChI is InChI=1S/C11H24N2O/c1-9(2)6-11(14,8-12)7-10(3,4)13(9)5/h14H,6-8,12H2,1-5H3. The van der Waals surface area contributed by atoms with Crippen molar-refractivity contribution in [1.82, 2.24) is 4.90 Å². The molecule has 0 bridgehead atoms. The van der Waals surface area contributed by atoms with Gasteiger partial charge < -0.3 is 10.8 Å². The highest BCUT2D eigenvalue weighted by Crippen LogP contribution is 2.41. The van der Waals surface area contributed by atoms with Crippen molar-refractivity contribution < 1.29 is 5.11 Å². The van der Waals surface area contributed by atoms with Gasteiger partial charge in [-0.25, -0.2) is 0 Å². The fourth-order valence-corrected chi connectivity index (χ4v) is 2.87. The van der Waals surface area contributed by atoms with Gasteiger partial charge in [0.05, 0.1) is 5.60 Å². The van der Waals surface area contributed by atoms with E-state index in [9.17, 15) is 5.11 Å². The first kappa shape index (κ1) is 12.0. The first-order valence-electron chi connectivity index (χ1n) is 5.29. The average molecular weight is 200 g/mol. The largest absolute Gasteiger partial charge is 0.388 e. The molecule has 0 atom stereocenters. The second-order valence-electron chi connectivity index (χ2n) is 5.97. The average Bonchev–Trinajstić information content (AvgIpc) is 1.99. The van der Waals surface area contributed by atoms with Gasteiger partial charge in [-0.1, -0.05) is 0 Å². The van der Waals surface area contributed by atoms with E-state index in [-0.39, 0.29) is 11.1 Å². The van der Waals surface area contributed by atoms with E-state index in [1.807, 2.05) is 0 Å². The summed E-state index contributed by atoms with van der Waals surface area (Å²) in [6.07, 6.45) is 1.49. The minimum absolute atomic E-state index is 0.00979. The van der Waals surface area contributed by atoms with Crippen LogP contribution >= 0.6 is 0 Å². The Kier molecular flexibility index (Phi) is 2.72. The van der Waals surface area contributed by atoms with Crippen LogP contribution < -0.4 is 5.73 Å². The Balaban J connectivity index is 2.97. The molecule has 1 saturated heterocycles. The van der Waals surface area contributed by atoms with E-state index in [0.717, 1.165) is 12.8 Å². The van der Waals surface area contributed by atoms with Gasteiger partial charge in [0.1, 0.15) is 0 Å². The number of nitrogens with zero attached hydrogens (tertiary/aromatic N) is 1. The highest BCUT2D eigenvalue weighted by Gasteiger charge is 2.49. The van der Waals surface area contributed by atoms with Gasteiger partial charge in [-0.15, -0.1) is 0 Å². The van der Waals surface area contributed by atoms with Crippen molar-refractivity contribution in [2.24, 2.45) is 5.73 Å². The van der Waals surface area contributed by atoms with Crippen LogP contribution in [0.4, 0.5) is 0 Å². The van der Waals surface area contributed by atoms with Gasteiger partial charge in [-0.3, -0.25) is 4.90 Å². The lowest BCUT2D eigenvalue weighted by atomic mass is 9.71. The lowest BCUT2D eigenvalue weighted by molar-refractivity contribution is -0.119. The SMILES string of the molecule is CN1C(C)(C)CC(O)(CN)CC1(C)C. The van der Waals surface area contributed by atoms with E-state index in [1.54, 1.807) is 0 Å². The Bertz CT molecular complexity index is 200. The summed E-state index contributed by atoms with van der Waals surface area (Å²) in [6, 6.07) is 0. The predicted molar refractivity (Wildman–Crippen MR) is 59.2 cm³/mol. The maximum absolute atomic E-state index is 10.3. The van der Waals surface area contributed by atoms with E-state index in [0.29, 0.717) is 6.54 Å². The van der Waals surface area contributed by atoms with Crippen molar-refractivity contribution in [2.45, 2.75) is 57.2 Å². The summed E-state index contributed by atoms with van der Waals surface area (Å²) in [5.41, 5.74) is 4.98. The normalized spacial score (nSPS) is 30.2. The van der Waals surface area contributed by atoms with Crippen LogP contribution in [-0.2, 0) is 0 Å². The van der Waals surface area contributed by atoms with Crippen LogP contribution in [0.25, 0.3) is 0 Å². The van der Waals surface area contributed by atoms with Gasteiger partial charge in [0.2, 0.25) is 0 Å². The first-order valence-corrected chi connectivity index (χ1v) is 5.29. The zero-order valence-electron chi connectivity index (χ0n) is 10.1. The number of rotatable bonds is 1. The molecule has 0 amide bonds. The third-order valence-corrected chi connectivity index (χ3v) is 3.72. The van der Waals surface area contributed by atoms with Gasteiger partial charge in [-0.2, -0.15) is 0 Å². The van der Waals surface area contributed by atoms with Crippen molar-refractivity contribution in [3.63, 3.8) is 0 Å². The molecule has 0 spiro atoms. The second-order valence-corrected chi connectivity index (χ2v) is 5.97. The molecule has 84 valence electrons. The Morgan fingerprint density at radius 3 is 1.79 bits per heavy atom. The van der Waals surface area contributed by atoms with E-state index in [2.05, 4.69) is 39.6 Å². The summed E-state index contributed by atoms with van der Waals surface area (Å²) in [4.78, 5) is 2.34. The molecule has 0 saturated carbocycles. The molecule has 1 rings (SSSR count). The molecule has 0 unspecified atom stereocenters. The lowest BCUT2D eigenvalue weighted by Gasteiger charge is -2.56. The Hall–Kier alpha value is -0.120. The van der Waals surface area contributed by atoms with Crippen LogP contribution in [0.3, 0.4) is 0 Å². The van der Waals surface area contributed by atoms with Gasteiger partial charge in [0.15, 0.2) is 0 Å². The fourth-order valence-electron chi connectivity index (χ4n) is 2.87. The van der Waals surface area contributed by atoms with Gasteiger partial charge >= 0.3 is 0 Å². The molecule has 3 nitrogen and oxygen atoms in total. The molecule has 1 heterocycles. The number of piperidine rings is 1. The molecular formula is C11H24N2O. The minimum atomic E-state index is -0.695. The van der Waals surface area contributed by atoms with Crippen molar-refractivity contribution in [2.75, 3.05) is 13.6 Å². The van der Waals surface area contributed by atoms with E-state index in [1.165, 1.54) is 0 Å². The molecule has 0 aromatic rings. The van der Waals surface area contributed by atoms with Crippen LogP contribution in [0.15, 0.2) is 0 Å². The van der Waals surface area contributed by atoms with Crippen molar-refractivity contribution in [3.05, 3.63) is 0 Å². The van der Waals surface area contributed by atoms with Gasteiger partial charge in [0, 0.05) is 17.6 Å². The Labute approximate surface area is 87.3 Å². The van der Waals surface area contributed by atoms with Crippen LogP contribution in [0.1, 0.15) is 40.5 Å². The maximum atomic E-state index is 10.3. The number of nitrogens with two attached hydrogens (primary N) is 1. The smallest absolute Gasteiger partial charge is 0.0804 e. The minimum Gasteiger partial charge on any atom is -0.388 e. The van der Waals surface area contributed by atoms with E-state index < -0.39 is 5.60 Å². The van der Waals surface area contributed by atoms with E-state index in [4.69, 9.17) is 5.73 Å². The second kappa shape index (κ2) is 3.19. The zero-order valence-corrected chi connectivity index (χ0v) is 10.1. The number of likely N-dealkylation sites (tertiary alicyclic amines) is 1. The number of hydrogen-bond acceptors (Lipinski definition) is 3. The third kappa shape index (κ3) is 1.95. The van der Waals surface area contributed by atoms with Crippen LogP contribution in [0.2, 0.25) is 0 Å². The Morgan fingerprint density at radius 2 is 1.50 bits per heavy atom. The molecule has 0 radical (unpaired) electrons. The summed E-state index contributed by atoms with van der Waals surface area (Å²) in [5, 5.41) is 10.3. The highest BCUT2D eigenvalue weighted by atomic mass is 16.3. The van der Waals surface area contributed by atoms with Crippen LogP contribution in [-0.4, -0.2) is 40.3 Å². The number of aliphatic hydroxyl groups is 1. The molecule has 0 aromatic heterocycles. The van der Waals surface area contributed by atoms with Gasteiger partial charge in [0.25, 0.3) is 0 Å². The monoisotopic (exact) mass is 200 g/mol. The molecular weight excluding hydrogens is 176 g/mol. The Morgan fingerprint density at radius 1 is 1.14 bits per heavy atom. The van der Waals surface area contributed by atoms with Crippen molar-refractivity contribution in [3.8, 4) is 0 Å². The summed E-state index contributed by atoms with van der Waals surface area (Å²) >= 11 is 0. The molecule has 3 N–H and O–H groups in total. The summed E-state index contributed by atoms with van der Waals surface area (Å²) in [7, 11) is 2.12. The first-order chi connectivity index (χ1) is 6.13. The molecule has 14 heavy (non-hydrogen) atoms. The third-order valence-electron chi connectivity index (χ3n) is 3.72. The summed E-state index contributed by atoms with van der Waals surface area (Å²) in [6.45, 7) is 9.00. The molecule has 1 aliphatic rings. The highest BCUT2D eigenvalue weighted by molar-refractivity contribution is 5.05. The summed E-state index contributed by atoms with van der Waals surface area (Å²) in [5.74, 6) is 0. The molecule has 3 heteroatoms. The van der Waals surface area contributed by atoms with Crippen molar-refractivity contribution >= 4 is 0 Å². The molecule has 1 fully saturated rings. The predicted octanol–water partition coefficient (Wildman–Crippen LogP) is 0.959. The van der Waals surface area contributed by atoms with Gasteiger partial charge in [-0.05, 0) is 47.6 Å². The maximum Gasteiger partial charge on any atom is 0.0804 e. The van der Waals surface area contributed by atoms with Crippen LogP contribution in [0.5, 0.6) is 0 Å². The number of hydrogen-bond donors (Lipinski definition) is 2. The molecule has 1 aliphatic heterocycles. The van der Waals surface area contributed by atoms with Crippen molar-refractivity contribution in [1.29, 1.82) is 0 Å². The zero-order chi connectivity index (χ0) is 11.2. The quantitative estimate of drug-likeness (QED) is 0.663. The summed E-state index contributed by atoms with van der Waals surface area (Å²) < 4.78 is 0. The molecule has 0 aromatic carbocycles. The topological polar surface area (TPSA) is 49.5 Å². The fraction of sp³-hybridized carbons (Fsp3) is 1.00. The van der Waals surface area contributed by atoms with Crippen LogP contribution in [0, 0.1) is 0 Å². The lowest BCUT2D eigenvalue weighted by Crippen LogP contribution is -2.65. The van der Waals surface area contributed by atoms with E-state index >= 15 is 0 Å².